The van der Waals surface area contributed by atoms with E-state index in [2.05, 4.69) is 10.6 Å². The van der Waals surface area contributed by atoms with Crippen molar-refractivity contribution >= 4 is 29.7 Å². The van der Waals surface area contributed by atoms with E-state index in [0.717, 1.165) is 24.3 Å². The van der Waals surface area contributed by atoms with E-state index >= 15 is 0 Å². The maximum atomic E-state index is 11.5. The summed E-state index contributed by atoms with van der Waals surface area (Å²) in [6.07, 6.45) is 1.05. The SMILES string of the molecule is O=C(O)C[C@@H](NC(=O)NC1CCSCC1)C(=O)O. The molecule has 1 fully saturated rings. The Balaban J connectivity index is 2.40. The van der Waals surface area contributed by atoms with Crippen LogP contribution in [0.1, 0.15) is 19.3 Å². The molecule has 0 aliphatic carbocycles. The molecular formula is C10H16N2O5S. The number of carbonyl (C=O) groups excluding carboxylic acids is 1. The summed E-state index contributed by atoms with van der Waals surface area (Å²) in [6, 6.07) is -1.99. The minimum Gasteiger partial charge on any atom is -0.481 e. The van der Waals surface area contributed by atoms with Gasteiger partial charge in [-0.1, -0.05) is 0 Å². The van der Waals surface area contributed by atoms with Gasteiger partial charge in [0.2, 0.25) is 0 Å². The van der Waals surface area contributed by atoms with Gasteiger partial charge in [-0.05, 0) is 24.3 Å². The van der Waals surface area contributed by atoms with E-state index in [9.17, 15) is 14.4 Å². The van der Waals surface area contributed by atoms with Crippen LogP contribution in [0.3, 0.4) is 0 Å². The van der Waals surface area contributed by atoms with Crippen molar-refractivity contribution in [3.8, 4) is 0 Å². The number of carbonyl (C=O) groups is 3. The fraction of sp³-hybridized carbons (Fsp3) is 0.700. The number of hydrogen-bond donors (Lipinski definition) is 4. The normalized spacial score (nSPS) is 17.8. The molecule has 0 unspecified atom stereocenters. The maximum Gasteiger partial charge on any atom is 0.326 e. The Hall–Kier alpha value is -1.44. The Labute approximate surface area is 108 Å². The molecule has 2 amide bonds. The summed E-state index contributed by atoms with van der Waals surface area (Å²) >= 11 is 1.81. The highest BCUT2D eigenvalue weighted by molar-refractivity contribution is 7.99. The molecule has 0 radical (unpaired) electrons. The van der Waals surface area contributed by atoms with Crippen LogP contribution in [0.5, 0.6) is 0 Å². The minimum absolute atomic E-state index is 0.0329. The zero-order valence-electron chi connectivity index (χ0n) is 9.72. The number of rotatable bonds is 5. The van der Waals surface area contributed by atoms with Crippen molar-refractivity contribution < 1.29 is 24.6 Å². The van der Waals surface area contributed by atoms with Crippen molar-refractivity contribution in [1.82, 2.24) is 10.6 Å². The van der Waals surface area contributed by atoms with Crippen molar-refractivity contribution in [1.29, 1.82) is 0 Å². The van der Waals surface area contributed by atoms with Crippen molar-refractivity contribution in [3.63, 3.8) is 0 Å². The van der Waals surface area contributed by atoms with E-state index in [-0.39, 0.29) is 6.04 Å². The lowest BCUT2D eigenvalue weighted by molar-refractivity contribution is -0.145. The highest BCUT2D eigenvalue weighted by Gasteiger charge is 2.24. The minimum atomic E-state index is -1.40. The molecule has 0 saturated carbocycles. The predicted octanol–water partition coefficient (Wildman–Crippen LogP) is 0.109. The summed E-state index contributed by atoms with van der Waals surface area (Å²) in [4.78, 5) is 32.7. The van der Waals surface area contributed by atoms with Crippen LogP contribution in [-0.4, -0.2) is 51.8 Å². The van der Waals surface area contributed by atoms with Gasteiger partial charge < -0.3 is 20.8 Å². The summed E-state index contributed by atoms with van der Waals surface area (Å²) in [5.41, 5.74) is 0. The topological polar surface area (TPSA) is 116 Å². The van der Waals surface area contributed by atoms with Gasteiger partial charge in [-0.25, -0.2) is 9.59 Å². The molecular weight excluding hydrogens is 260 g/mol. The van der Waals surface area contributed by atoms with E-state index in [1.807, 2.05) is 11.8 Å². The number of amides is 2. The largest absolute Gasteiger partial charge is 0.481 e. The molecule has 1 aliphatic heterocycles. The first-order chi connectivity index (χ1) is 8.49. The second-order valence-electron chi connectivity index (χ2n) is 3.99. The molecule has 1 aliphatic rings. The van der Waals surface area contributed by atoms with Crippen LogP contribution in [0.25, 0.3) is 0 Å². The van der Waals surface area contributed by atoms with E-state index in [1.165, 1.54) is 0 Å². The van der Waals surface area contributed by atoms with Gasteiger partial charge in [0.15, 0.2) is 0 Å². The average Bonchev–Trinajstić information content (AvgIpc) is 2.28. The smallest absolute Gasteiger partial charge is 0.326 e. The van der Waals surface area contributed by atoms with Crippen LogP contribution >= 0.6 is 11.8 Å². The van der Waals surface area contributed by atoms with Crippen LogP contribution in [0, 0.1) is 0 Å². The lowest BCUT2D eigenvalue weighted by atomic mass is 10.1. The summed E-state index contributed by atoms with van der Waals surface area (Å²) in [7, 11) is 0. The van der Waals surface area contributed by atoms with Crippen LogP contribution in [0.4, 0.5) is 4.79 Å². The zero-order chi connectivity index (χ0) is 13.5. The van der Waals surface area contributed by atoms with E-state index in [4.69, 9.17) is 10.2 Å². The molecule has 7 nitrogen and oxygen atoms in total. The van der Waals surface area contributed by atoms with E-state index in [0.29, 0.717) is 0 Å². The fourth-order valence-electron chi connectivity index (χ4n) is 1.60. The molecule has 0 aromatic carbocycles. The standard InChI is InChI=1S/C10H16N2O5S/c13-8(14)5-7(9(15)16)12-10(17)11-6-1-3-18-4-2-6/h6-7H,1-5H2,(H,13,14)(H,15,16)(H2,11,12,17)/t7-/m1/s1. The van der Waals surface area contributed by atoms with Crippen LogP contribution in [0.15, 0.2) is 0 Å². The molecule has 102 valence electrons. The first kappa shape index (κ1) is 14.6. The number of hydrogen-bond acceptors (Lipinski definition) is 4. The van der Waals surface area contributed by atoms with Gasteiger partial charge >= 0.3 is 18.0 Å². The van der Waals surface area contributed by atoms with Crippen LogP contribution in [-0.2, 0) is 9.59 Å². The predicted molar refractivity (Wildman–Crippen MR) is 65.7 cm³/mol. The number of carboxylic acids is 2. The van der Waals surface area contributed by atoms with Gasteiger partial charge in [-0.2, -0.15) is 11.8 Å². The van der Waals surface area contributed by atoms with Crippen molar-refractivity contribution in [2.24, 2.45) is 0 Å². The third-order valence-electron chi connectivity index (χ3n) is 2.54. The molecule has 8 heteroatoms. The summed E-state index contributed by atoms with van der Waals surface area (Å²) < 4.78 is 0. The van der Waals surface area contributed by atoms with Gasteiger partial charge in [-0.15, -0.1) is 0 Å². The number of urea groups is 1. The maximum absolute atomic E-state index is 11.5. The van der Waals surface area contributed by atoms with Gasteiger partial charge in [0.1, 0.15) is 6.04 Å². The van der Waals surface area contributed by atoms with Crippen LogP contribution < -0.4 is 10.6 Å². The van der Waals surface area contributed by atoms with Gasteiger partial charge in [0.25, 0.3) is 0 Å². The third kappa shape index (κ3) is 5.26. The molecule has 0 spiro atoms. The lowest BCUT2D eigenvalue weighted by Crippen LogP contribution is -2.50. The average molecular weight is 276 g/mol. The number of carboxylic acid groups (broad SMARTS) is 2. The van der Waals surface area contributed by atoms with Gasteiger partial charge in [0.05, 0.1) is 6.42 Å². The molecule has 0 aromatic heterocycles. The van der Waals surface area contributed by atoms with Gasteiger partial charge in [0, 0.05) is 6.04 Å². The zero-order valence-corrected chi connectivity index (χ0v) is 10.5. The number of nitrogens with one attached hydrogen (secondary N) is 2. The first-order valence-electron chi connectivity index (χ1n) is 5.58. The van der Waals surface area contributed by atoms with Crippen LogP contribution in [0.2, 0.25) is 0 Å². The molecule has 18 heavy (non-hydrogen) atoms. The monoisotopic (exact) mass is 276 g/mol. The second-order valence-corrected chi connectivity index (χ2v) is 5.22. The fourth-order valence-corrected chi connectivity index (χ4v) is 2.71. The summed E-state index contributed by atoms with van der Waals surface area (Å²) in [6.45, 7) is 0. The first-order valence-corrected chi connectivity index (χ1v) is 6.74. The highest BCUT2D eigenvalue weighted by Crippen LogP contribution is 2.16. The molecule has 1 heterocycles. The molecule has 1 rings (SSSR count). The van der Waals surface area contributed by atoms with Crippen molar-refractivity contribution in [2.45, 2.75) is 31.3 Å². The molecule has 0 bridgehead atoms. The Bertz CT molecular complexity index is 330. The highest BCUT2D eigenvalue weighted by atomic mass is 32.2. The Morgan fingerprint density at radius 3 is 2.33 bits per heavy atom. The quantitative estimate of drug-likeness (QED) is 0.566. The number of thioether (sulfide) groups is 1. The molecule has 0 aromatic rings. The summed E-state index contributed by atoms with van der Waals surface area (Å²) in [5.74, 6) is -0.700. The van der Waals surface area contributed by atoms with E-state index < -0.39 is 30.4 Å². The number of aliphatic carboxylic acids is 2. The Morgan fingerprint density at radius 2 is 1.83 bits per heavy atom. The lowest BCUT2D eigenvalue weighted by Gasteiger charge is -2.23. The summed E-state index contributed by atoms with van der Waals surface area (Å²) in [5, 5.41) is 22.1. The second kappa shape index (κ2) is 7.10. The Kier molecular flexibility index (Phi) is 5.76. The molecule has 1 saturated heterocycles. The van der Waals surface area contributed by atoms with Crippen molar-refractivity contribution in [2.75, 3.05) is 11.5 Å². The Morgan fingerprint density at radius 1 is 1.22 bits per heavy atom. The molecule has 1 atom stereocenters. The third-order valence-corrected chi connectivity index (χ3v) is 3.59. The van der Waals surface area contributed by atoms with Crippen molar-refractivity contribution in [3.05, 3.63) is 0 Å². The van der Waals surface area contributed by atoms with E-state index in [1.54, 1.807) is 0 Å². The van der Waals surface area contributed by atoms with Gasteiger partial charge in [-0.3, -0.25) is 4.79 Å². The molecule has 4 N–H and O–H groups in total.